The van der Waals surface area contributed by atoms with Crippen molar-refractivity contribution in [3.8, 4) is 12.0 Å². The van der Waals surface area contributed by atoms with Crippen molar-refractivity contribution in [2.24, 2.45) is 0 Å². The molecule has 3 heterocycles. The highest BCUT2D eigenvalue weighted by molar-refractivity contribution is 5.25. The standard InChI is InChI=1S/C11H14N6O2/c12-9-14-10(17-4-3-13-7-17)16-11(15-9)19-6-8-2-1-5-18-8/h3-4,7-8H,1-2,5-6H2,(H2,12,14,15,16). The fourth-order valence-corrected chi connectivity index (χ4v) is 1.86. The van der Waals surface area contributed by atoms with E-state index in [-0.39, 0.29) is 18.1 Å². The summed E-state index contributed by atoms with van der Waals surface area (Å²) in [6.07, 6.45) is 7.10. The number of nitrogens with two attached hydrogens (primary N) is 1. The fourth-order valence-electron chi connectivity index (χ4n) is 1.86. The maximum absolute atomic E-state index is 5.64. The van der Waals surface area contributed by atoms with Crippen LogP contribution in [0.2, 0.25) is 0 Å². The van der Waals surface area contributed by atoms with Gasteiger partial charge in [-0.1, -0.05) is 0 Å². The number of aromatic nitrogens is 5. The Morgan fingerprint density at radius 2 is 2.37 bits per heavy atom. The van der Waals surface area contributed by atoms with Crippen molar-refractivity contribution < 1.29 is 9.47 Å². The molecule has 1 aliphatic rings. The van der Waals surface area contributed by atoms with E-state index in [1.165, 1.54) is 0 Å². The molecule has 1 unspecified atom stereocenters. The van der Waals surface area contributed by atoms with Gasteiger partial charge in [-0.3, -0.25) is 4.57 Å². The van der Waals surface area contributed by atoms with Crippen LogP contribution < -0.4 is 10.5 Å². The summed E-state index contributed by atoms with van der Waals surface area (Å²) in [6, 6.07) is 0.201. The highest BCUT2D eigenvalue weighted by atomic mass is 16.5. The molecule has 8 heteroatoms. The smallest absolute Gasteiger partial charge is 0.323 e. The van der Waals surface area contributed by atoms with Crippen LogP contribution >= 0.6 is 0 Å². The molecule has 100 valence electrons. The zero-order valence-corrected chi connectivity index (χ0v) is 10.3. The average Bonchev–Trinajstić information content (AvgIpc) is 3.09. The molecule has 2 aromatic heterocycles. The fraction of sp³-hybridized carbons (Fsp3) is 0.455. The second-order valence-electron chi connectivity index (χ2n) is 4.19. The monoisotopic (exact) mass is 262 g/mol. The molecule has 1 aliphatic heterocycles. The molecule has 2 N–H and O–H groups in total. The van der Waals surface area contributed by atoms with Gasteiger partial charge in [-0.25, -0.2) is 4.98 Å². The van der Waals surface area contributed by atoms with Gasteiger partial charge < -0.3 is 15.2 Å². The minimum atomic E-state index is 0.106. The van der Waals surface area contributed by atoms with Crippen molar-refractivity contribution in [2.75, 3.05) is 18.9 Å². The largest absolute Gasteiger partial charge is 0.461 e. The molecule has 0 amide bonds. The predicted octanol–water partition coefficient (Wildman–Crippen LogP) is 0.197. The van der Waals surface area contributed by atoms with Crippen LogP contribution in [0.3, 0.4) is 0 Å². The first-order valence-electron chi connectivity index (χ1n) is 6.05. The molecule has 1 atom stereocenters. The summed E-state index contributed by atoms with van der Waals surface area (Å²) < 4.78 is 12.6. The Morgan fingerprint density at radius 1 is 1.42 bits per heavy atom. The SMILES string of the molecule is Nc1nc(OCC2CCCO2)nc(-n2ccnc2)n1. The average molecular weight is 262 g/mol. The second kappa shape index (κ2) is 5.19. The van der Waals surface area contributed by atoms with Gasteiger partial charge in [-0.2, -0.15) is 15.0 Å². The molecule has 3 rings (SSSR count). The Labute approximate surface area is 109 Å². The quantitative estimate of drug-likeness (QED) is 0.839. The molecule has 0 aromatic carbocycles. The van der Waals surface area contributed by atoms with Crippen LogP contribution in [0.25, 0.3) is 5.95 Å². The third kappa shape index (κ3) is 2.79. The minimum absolute atomic E-state index is 0.106. The first-order chi connectivity index (χ1) is 9.31. The summed E-state index contributed by atoms with van der Waals surface area (Å²) in [5.41, 5.74) is 5.64. The Kier molecular flexibility index (Phi) is 3.23. The summed E-state index contributed by atoms with van der Waals surface area (Å²) in [6.45, 7) is 1.21. The highest BCUT2D eigenvalue weighted by Gasteiger charge is 2.17. The van der Waals surface area contributed by atoms with E-state index >= 15 is 0 Å². The minimum Gasteiger partial charge on any atom is -0.461 e. The van der Waals surface area contributed by atoms with Crippen molar-refractivity contribution in [3.05, 3.63) is 18.7 Å². The highest BCUT2D eigenvalue weighted by Crippen LogP contribution is 2.14. The van der Waals surface area contributed by atoms with Gasteiger partial charge in [0.25, 0.3) is 0 Å². The third-order valence-corrected chi connectivity index (χ3v) is 2.78. The molecule has 0 spiro atoms. The summed E-state index contributed by atoms with van der Waals surface area (Å²) in [7, 11) is 0. The van der Waals surface area contributed by atoms with Crippen LogP contribution in [0.4, 0.5) is 5.95 Å². The summed E-state index contributed by atoms with van der Waals surface area (Å²) >= 11 is 0. The van der Waals surface area contributed by atoms with Gasteiger partial charge in [0.15, 0.2) is 0 Å². The normalized spacial score (nSPS) is 18.6. The van der Waals surface area contributed by atoms with Crippen molar-refractivity contribution in [2.45, 2.75) is 18.9 Å². The molecule has 0 radical (unpaired) electrons. The Balaban J connectivity index is 1.74. The third-order valence-electron chi connectivity index (χ3n) is 2.78. The molecule has 0 aliphatic carbocycles. The Bertz CT molecular complexity index is 538. The van der Waals surface area contributed by atoms with Crippen molar-refractivity contribution in [3.63, 3.8) is 0 Å². The maximum atomic E-state index is 5.64. The summed E-state index contributed by atoms with van der Waals surface area (Å²) in [5.74, 6) is 0.494. The predicted molar refractivity (Wildman–Crippen MR) is 65.8 cm³/mol. The van der Waals surface area contributed by atoms with Crippen LogP contribution in [0.5, 0.6) is 6.01 Å². The van der Waals surface area contributed by atoms with Crippen molar-refractivity contribution >= 4 is 5.95 Å². The van der Waals surface area contributed by atoms with Gasteiger partial charge in [0.1, 0.15) is 12.9 Å². The molecular formula is C11H14N6O2. The molecule has 2 aromatic rings. The molecule has 8 nitrogen and oxygen atoms in total. The van der Waals surface area contributed by atoms with E-state index in [0.29, 0.717) is 12.6 Å². The van der Waals surface area contributed by atoms with E-state index in [1.54, 1.807) is 23.3 Å². The van der Waals surface area contributed by atoms with E-state index in [9.17, 15) is 0 Å². The summed E-state index contributed by atoms with van der Waals surface area (Å²) in [5, 5.41) is 0. The molecular weight excluding hydrogens is 248 g/mol. The van der Waals surface area contributed by atoms with Crippen molar-refractivity contribution in [1.82, 2.24) is 24.5 Å². The number of anilines is 1. The van der Waals surface area contributed by atoms with Crippen molar-refractivity contribution in [1.29, 1.82) is 0 Å². The number of nitrogens with zero attached hydrogens (tertiary/aromatic N) is 5. The molecule has 19 heavy (non-hydrogen) atoms. The number of rotatable bonds is 4. The number of hydrogen-bond donors (Lipinski definition) is 1. The van der Waals surface area contributed by atoms with E-state index in [4.69, 9.17) is 15.2 Å². The van der Waals surface area contributed by atoms with Gasteiger partial charge in [-0.05, 0) is 12.8 Å². The first kappa shape index (κ1) is 11.8. The molecule has 0 bridgehead atoms. The maximum Gasteiger partial charge on any atom is 0.323 e. The lowest BCUT2D eigenvalue weighted by molar-refractivity contribution is 0.0645. The lowest BCUT2D eigenvalue weighted by Gasteiger charge is -2.10. The van der Waals surface area contributed by atoms with Crippen LogP contribution in [-0.4, -0.2) is 43.8 Å². The molecule has 0 saturated carbocycles. The zero-order valence-electron chi connectivity index (χ0n) is 10.3. The lowest BCUT2D eigenvalue weighted by Crippen LogP contribution is -2.18. The number of ether oxygens (including phenoxy) is 2. The van der Waals surface area contributed by atoms with Crippen LogP contribution in [0, 0.1) is 0 Å². The van der Waals surface area contributed by atoms with Crippen LogP contribution in [-0.2, 0) is 4.74 Å². The zero-order chi connectivity index (χ0) is 13.1. The van der Waals surface area contributed by atoms with Gasteiger partial charge in [0.2, 0.25) is 11.9 Å². The first-order valence-corrected chi connectivity index (χ1v) is 6.05. The van der Waals surface area contributed by atoms with Gasteiger partial charge in [0, 0.05) is 19.0 Å². The number of hydrogen-bond acceptors (Lipinski definition) is 7. The Morgan fingerprint density at radius 3 is 3.11 bits per heavy atom. The Hall–Kier alpha value is -2.22. The summed E-state index contributed by atoms with van der Waals surface area (Å²) in [4.78, 5) is 16.1. The van der Waals surface area contributed by atoms with Crippen LogP contribution in [0.1, 0.15) is 12.8 Å². The lowest BCUT2D eigenvalue weighted by atomic mass is 10.2. The van der Waals surface area contributed by atoms with Gasteiger partial charge in [0.05, 0.1) is 6.10 Å². The molecule has 1 saturated heterocycles. The molecule has 1 fully saturated rings. The van der Waals surface area contributed by atoms with Gasteiger partial charge >= 0.3 is 6.01 Å². The van der Waals surface area contributed by atoms with Gasteiger partial charge in [-0.15, -0.1) is 0 Å². The second-order valence-corrected chi connectivity index (χ2v) is 4.19. The number of nitrogen functional groups attached to an aromatic ring is 1. The van der Waals surface area contributed by atoms with E-state index < -0.39 is 0 Å². The van der Waals surface area contributed by atoms with E-state index in [0.717, 1.165) is 19.4 Å². The van der Waals surface area contributed by atoms with E-state index in [1.807, 2.05) is 0 Å². The topological polar surface area (TPSA) is 101 Å². The number of imidazole rings is 1. The van der Waals surface area contributed by atoms with E-state index in [2.05, 4.69) is 19.9 Å². The van der Waals surface area contributed by atoms with Crippen LogP contribution in [0.15, 0.2) is 18.7 Å².